The summed E-state index contributed by atoms with van der Waals surface area (Å²) in [5.41, 5.74) is 3.02. The van der Waals surface area contributed by atoms with E-state index in [4.69, 9.17) is 4.74 Å². The fraction of sp³-hybridized carbons (Fsp3) is 0.179. The summed E-state index contributed by atoms with van der Waals surface area (Å²) < 4.78 is 5.27. The number of H-pyrrole nitrogens is 1. The van der Waals surface area contributed by atoms with Gasteiger partial charge in [-0.05, 0) is 54.5 Å². The Balaban J connectivity index is 1.28. The van der Waals surface area contributed by atoms with Crippen molar-refractivity contribution in [3.63, 3.8) is 0 Å². The Labute approximate surface area is 217 Å². The highest BCUT2D eigenvalue weighted by molar-refractivity contribution is 6.10. The maximum absolute atomic E-state index is 13.2. The van der Waals surface area contributed by atoms with Gasteiger partial charge in [0.1, 0.15) is 11.5 Å². The van der Waals surface area contributed by atoms with E-state index in [9.17, 15) is 14.4 Å². The molecular weight excluding hydrogens is 484 g/mol. The molecule has 4 heterocycles. The second-order valence-corrected chi connectivity index (χ2v) is 9.15. The van der Waals surface area contributed by atoms with Gasteiger partial charge in [-0.1, -0.05) is 17.9 Å². The largest absolute Gasteiger partial charge is 0.497 e. The van der Waals surface area contributed by atoms with Crippen LogP contribution in [-0.2, 0) is 14.3 Å². The number of rotatable bonds is 4. The van der Waals surface area contributed by atoms with E-state index < -0.39 is 17.5 Å². The van der Waals surface area contributed by atoms with Crippen LogP contribution in [0.5, 0.6) is 0 Å². The lowest BCUT2D eigenvalue weighted by atomic mass is 9.98. The van der Waals surface area contributed by atoms with Gasteiger partial charge >= 0.3 is 6.03 Å². The summed E-state index contributed by atoms with van der Waals surface area (Å²) in [6.07, 6.45) is 9.33. The quantitative estimate of drug-likeness (QED) is 0.368. The van der Waals surface area contributed by atoms with Crippen molar-refractivity contribution in [3.8, 4) is 23.1 Å². The molecular formula is C28H22N6O4. The van der Waals surface area contributed by atoms with Gasteiger partial charge < -0.3 is 15.0 Å². The third kappa shape index (κ3) is 4.00. The molecule has 1 fully saturated rings. The minimum absolute atomic E-state index is 0.0867. The molecule has 10 heteroatoms. The second-order valence-electron chi connectivity index (χ2n) is 9.15. The number of hydrogen-bond donors (Lipinski definition) is 3. The Morgan fingerprint density at radius 3 is 2.74 bits per heavy atom. The molecule has 1 aromatic carbocycles. The zero-order valence-corrected chi connectivity index (χ0v) is 20.4. The predicted octanol–water partition coefficient (Wildman–Crippen LogP) is 2.18. The summed E-state index contributed by atoms with van der Waals surface area (Å²) in [6, 6.07) is 8.67. The highest BCUT2D eigenvalue weighted by Crippen LogP contribution is 2.29. The normalized spacial score (nSPS) is 20.5. The van der Waals surface area contributed by atoms with E-state index in [0.717, 1.165) is 27.7 Å². The van der Waals surface area contributed by atoms with Crippen LogP contribution in [-0.4, -0.2) is 63.7 Å². The van der Waals surface area contributed by atoms with E-state index in [0.29, 0.717) is 29.9 Å². The molecule has 188 valence electrons. The number of aromatic amines is 1. The molecule has 2 aromatic heterocycles. The van der Waals surface area contributed by atoms with Crippen LogP contribution in [0, 0.1) is 11.8 Å². The van der Waals surface area contributed by atoms with Crippen LogP contribution in [0.25, 0.3) is 22.2 Å². The standard InChI is InChI=1S/C28H22N6O4/c1-38-20-4-3-19-15-34(25(35)21(19)7-5-20)16-28(26(36)30-27(37)31-28)11-8-17-2-6-22-23(14-17)32-33-24(22)18-9-12-29-13-10-18/h2-6,9-10,12-14H,7,15-16H2,1H3,(H,32,33)(H2,30,31,36,37)/t28-/m1/s1. The van der Waals surface area contributed by atoms with Crippen LogP contribution in [0.15, 0.2) is 77.9 Å². The molecule has 3 aliphatic rings. The van der Waals surface area contributed by atoms with Crippen molar-refractivity contribution in [2.75, 3.05) is 20.2 Å². The van der Waals surface area contributed by atoms with E-state index in [2.05, 4.69) is 37.7 Å². The molecule has 4 amide bonds. The minimum Gasteiger partial charge on any atom is -0.497 e. The van der Waals surface area contributed by atoms with E-state index in [-0.39, 0.29) is 12.5 Å². The molecule has 0 spiro atoms. The summed E-state index contributed by atoms with van der Waals surface area (Å²) in [6.45, 7) is 0.219. The van der Waals surface area contributed by atoms with Crippen molar-refractivity contribution in [1.82, 2.24) is 30.7 Å². The van der Waals surface area contributed by atoms with Gasteiger partial charge in [0.15, 0.2) is 0 Å². The zero-order valence-electron chi connectivity index (χ0n) is 20.4. The maximum Gasteiger partial charge on any atom is 0.323 e. The number of aromatic nitrogens is 3. The van der Waals surface area contributed by atoms with Gasteiger partial charge in [0.25, 0.3) is 11.8 Å². The number of carbonyl (C=O) groups is 3. The second kappa shape index (κ2) is 9.05. The summed E-state index contributed by atoms with van der Waals surface area (Å²) in [7, 11) is 1.58. The van der Waals surface area contributed by atoms with E-state index in [1.807, 2.05) is 48.6 Å². The first-order valence-electron chi connectivity index (χ1n) is 11.9. The average molecular weight is 507 g/mol. The van der Waals surface area contributed by atoms with Crippen molar-refractivity contribution < 1.29 is 19.1 Å². The molecule has 0 bridgehead atoms. The van der Waals surface area contributed by atoms with Crippen LogP contribution in [0.4, 0.5) is 4.79 Å². The third-order valence-electron chi connectivity index (χ3n) is 6.79. The van der Waals surface area contributed by atoms with Gasteiger partial charge in [0, 0.05) is 41.0 Å². The molecule has 2 aliphatic heterocycles. The average Bonchev–Trinajstić information content (AvgIpc) is 3.51. The molecule has 6 rings (SSSR count). The first kappa shape index (κ1) is 23.2. The highest BCUT2D eigenvalue weighted by Gasteiger charge is 2.48. The smallest absolute Gasteiger partial charge is 0.323 e. The number of imide groups is 1. The lowest BCUT2D eigenvalue weighted by molar-refractivity contribution is -0.128. The summed E-state index contributed by atoms with van der Waals surface area (Å²) in [5.74, 6) is 5.87. The summed E-state index contributed by atoms with van der Waals surface area (Å²) in [5, 5.41) is 13.3. The van der Waals surface area contributed by atoms with Crippen LogP contribution in [0.3, 0.4) is 0 Å². The van der Waals surface area contributed by atoms with Crippen molar-refractivity contribution >= 4 is 28.7 Å². The van der Waals surface area contributed by atoms with Crippen LogP contribution in [0.2, 0.25) is 0 Å². The number of amides is 4. The highest BCUT2D eigenvalue weighted by atomic mass is 16.5. The Bertz CT molecular complexity index is 1660. The zero-order chi connectivity index (χ0) is 26.3. The summed E-state index contributed by atoms with van der Waals surface area (Å²) in [4.78, 5) is 43.9. The fourth-order valence-electron chi connectivity index (χ4n) is 4.83. The van der Waals surface area contributed by atoms with Crippen molar-refractivity contribution in [2.45, 2.75) is 12.0 Å². The Morgan fingerprint density at radius 1 is 1.13 bits per heavy atom. The van der Waals surface area contributed by atoms with Crippen molar-refractivity contribution in [3.05, 3.63) is 83.4 Å². The third-order valence-corrected chi connectivity index (χ3v) is 6.79. The molecule has 10 nitrogen and oxygen atoms in total. The molecule has 3 aromatic rings. The molecule has 1 aliphatic carbocycles. The first-order valence-corrected chi connectivity index (χ1v) is 11.9. The van der Waals surface area contributed by atoms with Gasteiger partial charge in [-0.3, -0.25) is 25.0 Å². The maximum atomic E-state index is 13.2. The number of pyridine rings is 1. The molecule has 1 atom stereocenters. The lowest BCUT2D eigenvalue weighted by Crippen LogP contribution is -2.55. The van der Waals surface area contributed by atoms with Crippen molar-refractivity contribution in [1.29, 1.82) is 0 Å². The van der Waals surface area contributed by atoms with Gasteiger partial charge in [-0.25, -0.2) is 4.79 Å². The number of carbonyl (C=O) groups excluding carboxylic acids is 3. The number of methoxy groups -OCH3 is 1. The van der Waals surface area contributed by atoms with Gasteiger partial charge in [-0.15, -0.1) is 0 Å². The molecule has 38 heavy (non-hydrogen) atoms. The van der Waals surface area contributed by atoms with Crippen LogP contribution in [0.1, 0.15) is 12.0 Å². The topological polar surface area (TPSA) is 129 Å². The van der Waals surface area contributed by atoms with Gasteiger partial charge in [-0.2, -0.15) is 5.10 Å². The Hall–Kier alpha value is -5.17. The first-order chi connectivity index (χ1) is 18.5. The monoisotopic (exact) mass is 506 g/mol. The van der Waals surface area contributed by atoms with Crippen LogP contribution < -0.4 is 10.6 Å². The molecule has 0 radical (unpaired) electrons. The Kier molecular flexibility index (Phi) is 5.53. The number of allylic oxidation sites excluding steroid dienone is 2. The molecule has 0 unspecified atom stereocenters. The number of benzene rings is 1. The lowest BCUT2D eigenvalue weighted by Gasteiger charge is -2.27. The number of nitrogens with zero attached hydrogens (tertiary/aromatic N) is 3. The molecule has 0 saturated carbocycles. The number of hydrogen-bond acceptors (Lipinski definition) is 6. The van der Waals surface area contributed by atoms with Crippen LogP contribution >= 0.6 is 0 Å². The molecule has 1 saturated heterocycles. The number of urea groups is 1. The predicted molar refractivity (Wildman–Crippen MR) is 138 cm³/mol. The Morgan fingerprint density at radius 2 is 1.97 bits per heavy atom. The number of nitrogens with one attached hydrogen (secondary N) is 3. The minimum atomic E-state index is -1.58. The number of fused-ring (bicyclic) bond motifs is 1. The fourth-order valence-corrected chi connectivity index (χ4v) is 4.83. The molecule has 3 N–H and O–H groups in total. The van der Waals surface area contributed by atoms with E-state index >= 15 is 0 Å². The number of ether oxygens (including phenoxy) is 1. The van der Waals surface area contributed by atoms with Gasteiger partial charge in [0.05, 0.1) is 19.2 Å². The van der Waals surface area contributed by atoms with E-state index in [1.54, 1.807) is 24.4 Å². The van der Waals surface area contributed by atoms with E-state index in [1.165, 1.54) is 0 Å². The van der Waals surface area contributed by atoms with Crippen molar-refractivity contribution in [2.24, 2.45) is 0 Å². The summed E-state index contributed by atoms with van der Waals surface area (Å²) >= 11 is 0. The SMILES string of the molecule is COC1=CCC2=C(C=C1)CN(C[C@@]1(C#Cc3ccc4c(-c5ccncc5)n[nH]c4c3)NC(=O)NC1=O)C2=O. The van der Waals surface area contributed by atoms with Gasteiger partial charge in [0.2, 0.25) is 5.54 Å².